The molecule has 2 heterocycles. The van der Waals surface area contributed by atoms with Crippen LogP contribution in [0.1, 0.15) is 5.56 Å². The number of carbonyl (C=O) groups is 1. The maximum Gasteiger partial charge on any atom is 0.317 e. The Morgan fingerprint density at radius 2 is 1.89 bits per heavy atom. The number of halogens is 2. The highest BCUT2D eigenvalue weighted by molar-refractivity contribution is 9.10. The van der Waals surface area contributed by atoms with Gasteiger partial charge in [0.2, 0.25) is 0 Å². The molecule has 0 radical (unpaired) electrons. The van der Waals surface area contributed by atoms with E-state index in [2.05, 4.69) is 32.2 Å². The van der Waals surface area contributed by atoms with Gasteiger partial charge in [0.1, 0.15) is 5.82 Å². The van der Waals surface area contributed by atoms with Crippen LogP contribution in [0.3, 0.4) is 0 Å². The highest BCUT2D eigenvalue weighted by Gasteiger charge is 2.23. The lowest BCUT2D eigenvalue weighted by molar-refractivity contribution is 0.194. The second-order valence-electron chi connectivity index (χ2n) is 6.37. The number of hydrogen-bond donors (Lipinski definition) is 1. The number of nitrogens with zero attached hydrogens (tertiary/aromatic N) is 3. The van der Waals surface area contributed by atoms with E-state index in [1.165, 1.54) is 12.1 Å². The number of rotatable bonds is 3. The van der Waals surface area contributed by atoms with Crippen molar-refractivity contribution in [3.63, 3.8) is 0 Å². The molecule has 0 bridgehead atoms. The fourth-order valence-corrected chi connectivity index (χ4v) is 4.58. The summed E-state index contributed by atoms with van der Waals surface area (Å²) in [6.45, 7) is 3.20. The molecule has 140 valence electrons. The molecule has 2 amide bonds. The highest BCUT2D eigenvalue weighted by Crippen LogP contribution is 2.31. The number of anilines is 1. The van der Waals surface area contributed by atoms with Gasteiger partial charge in [-0.15, -0.1) is 0 Å². The van der Waals surface area contributed by atoms with Crippen LogP contribution in [0, 0.1) is 5.82 Å². The molecule has 0 spiro atoms. The summed E-state index contributed by atoms with van der Waals surface area (Å²) in [4.78, 5) is 21.1. The summed E-state index contributed by atoms with van der Waals surface area (Å²) >= 11 is 5.16. The third-order valence-electron chi connectivity index (χ3n) is 4.53. The molecule has 1 N–H and O–H groups in total. The van der Waals surface area contributed by atoms with Crippen LogP contribution in [0.5, 0.6) is 0 Å². The minimum Gasteiger partial charge on any atom is -0.345 e. The van der Waals surface area contributed by atoms with E-state index in [1.807, 2.05) is 17.0 Å². The summed E-state index contributed by atoms with van der Waals surface area (Å²) in [7, 11) is 0. The second kappa shape index (κ2) is 7.82. The summed E-state index contributed by atoms with van der Waals surface area (Å²) in [6, 6.07) is 12.2. The quantitative estimate of drug-likeness (QED) is 0.651. The maximum absolute atomic E-state index is 12.9. The van der Waals surface area contributed by atoms with Gasteiger partial charge in [0, 0.05) is 37.2 Å². The third-order valence-corrected chi connectivity index (χ3v) is 6.11. The van der Waals surface area contributed by atoms with Crippen LogP contribution < -0.4 is 10.2 Å². The average Bonchev–Trinajstić information content (AvgIpc) is 3.10. The number of nitrogens with one attached hydrogen (secondary N) is 1. The highest BCUT2D eigenvalue weighted by atomic mass is 79.9. The Kier molecular flexibility index (Phi) is 5.27. The monoisotopic (exact) mass is 448 g/mol. The first kappa shape index (κ1) is 18.2. The number of urea groups is 1. The first-order chi connectivity index (χ1) is 13.1. The van der Waals surface area contributed by atoms with E-state index in [9.17, 15) is 9.18 Å². The largest absolute Gasteiger partial charge is 0.345 e. The molecule has 8 heteroatoms. The molecule has 1 aromatic heterocycles. The summed E-state index contributed by atoms with van der Waals surface area (Å²) in [5.74, 6) is -0.275. The van der Waals surface area contributed by atoms with Crippen molar-refractivity contribution in [1.82, 2.24) is 15.2 Å². The van der Waals surface area contributed by atoms with Crippen molar-refractivity contribution in [1.29, 1.82) is 0 Å². The van der Waals surface area contributed by atoms with Crippen molar-refractivity contribution in [3.8, 4) is 0 Å². The van der Waals surface area contributed by atoms with Crippen LogP contribution in [0.4, 0.5) is 14.3 Å². The zero-order valence-electron chi connectivity index (χ0n) is 14.5. The van der Waals surface area contributed by atoms with Crippen molar-refractivity contribution in [2.75, 3.05) is 31.1 Å². The maximum atomic E-state index is 12.9. The summed E-state index contributed by atoms with van der Waals surface area (Å²) < 4.78 is 15.1. The average molecular weight is 449 g/mol. The Morgan fingerprint density at radius 1 is 1.15 bits per heavy atom. The third kappa shape index (κ3) is 4.22. The number of benzene rings is 2. The van der Waals surface area contributed by atoms with E-state index >= 15 is 0 Å². The van der Waals surface area contributed by atoms with Crippen LogP contribution >= 0.6 is 27.3 Å². The van der Waals surface area contributed by atoms with Gasteiger partial charge in [0.15, 0.2) is 5.13 Å². The smallest absolute Gasteiger partial charge is 0.317 e. The van der Waals surface area contributed by atoms with Gasteiger partial charge in [-0.2, -0.15) is 0 Å². The topological polar surface area (TPSA) is 48.5 Å². The molecule has 2 aromatic carbocycles. The lowest BCUT2D eigenvalue weighted by Gasteiger charge is -2.34. The molecule has 1 aliphatic heterocycles. The number of amides is 2. The van der Waals surface area contributed by atoms with Gasteiger partial charge in [0.25, 0.3) is 0 Å². The molecular formula is C19H18BrFN4OS. The van der Waals surface area contributed by atoms with Crippen molar-refractivity contribution in [2.24, 2.45) is 0 Å². The Balaban J connectivity index is 1.32. The SMILES string of the molecule is O=C(NCc1ccc(F)cc1)N1CCN(c2nc3ccc(Br)cc3s2)CC1. The Hall–Kier alpha value is -2.19. The standard InChI is InChI=1S/C19H18BrFN4OS/c20-14-3-6-16-17(11-14)27-19(23-16)25-9-7-24(8-10-25)18(26)22-12-13-1-4-15(21)5-2-13/h1-6,11H,7-10,12H2,(H,22,26). The van der Waals surface area contributed by atoms with E-state index < -0.39 is 0 Å². The van der Waals surface area contributed by atoms with E-state index in [0.29, 0.717) is 19.6 Å². The number of hydrogen-bond acceptors (Lipinski definition) is 4. The van der Waals surface area contributed by atoms with E-state index in [0.717, 1.165) is 38.5 Å². The molecule has 1 saturated heterocycles. The normalized spacial score (nSPS) is 14.6. The Morgan fingerprint density at radius 3 is 2.63 bits per heavy atom. The molecule has 0 aliphatic carbocycles. The molecule has 0 saturated carbocycles. The molecule has 0 atom stereocenters. The predicted molar refractivity (Wildman–Crippen MR) is 110 cm³/mol. The van der Waals surface area contributed by atoms with Gasteiger partial charge in [-0.25, -0.2) is 14.2 Å². The van der Waals surface area contributed by atoms with Crippen LogP contribution in [0.15, 0.2) is 46.9 Å². The van der Waals surface area contributed by atoms with Crippen LogP contribution in [0.2, 0.25) is 0 Å². The Labute approximate surface area is 168 Å². The Bertz CT molecular complexity index is 954. The van der Waals surface area contributed by atoms with Gasteiger partial charge in [-0.05, 0) is 35.9 Å². The molecule has 3 aromatic rings. The predicted octanol–water partition coefficient (Wildman–Crippen LogP) is 4.23. The second-order valence-corrected chi connectivity index (χ2v) is 8.29. The summed E-state index contributed by atoms with van der Waals surface area (Å²) in [5.41, 5.74) is 1.88. The number of thiazole rings is 1. The molecular weight excluding hydrogens is 431 g/mol. The zero-order chi connectivity index (χ0) is 18.8. The fraction of sp³-hybridized carbons (Fsp3) is 0.263. The van der Waals surface area contributed by atoms with Crippen LogP contribution in [-0.4, -0.2) is 42.1 Å². The minimum atomic E-state index is -0.275. The molecule has 5 nitrogen and oxygen atoms in total. The first-order valence-corrected chi connectivity index (χ1v) is 10.3. The molecule has 1 aliphatic rings. The van der Waals surface area contributed by atoms with Crippen LogP contribution in [0.25, 0.3) is 10.2 Å². The van der Waals surface area contributed by atoms with Gasteiger partial charge in [-0.3, -0.25) is 0 Å². The van der Waals surface area contributed by atoms with Gasteiger partial charge in [0.05, 0.1) is 10.2 Å². The van der Waals surface area contributed by atoms with Gasteiger partial charge >= 0.3 is 6.03 Å². The molecule has 1 fully saturated rings. The molecule has 0 unspecified atom stereocenters. The number of carbonyl (C=O) groups excluding carboxylic acids is 1. The number of aromatic nitrogens is 1. The fourth-order valence-electron chi connectivity index (χ4n) is 3.01. The van der Waals surface area contributed by atoms with Crippen molar-refractivity contribution >= 4 is 48.6 Å². The van der Waals surface area contributed by atoms with Crippen molar-refractivity contribution in [3.05, 3.63) is 58.3 Å². The lowest BCUT2D eigenvalue weighted by atomic mass is 10.2. The summed E-state index contributed by atoms with van der Waals surface area (Å²) in [6.07, 6.45) is 0. The van der Waals surface area contributed by atoms with Crippen LogP contribution in [-0.2, 0) is 6.54 Å². The molecule has 27 heavy (non-hydrogen) atoms. The van der Waals surface area contributed by atoms with Gasteiger partial charge < -0.3 is 15.1 Å². The van der Waals surface area contributed by atoms with E-state index in [4.69, 9.17) is 4.98 Å². The number of fused-ring (bicyclic) bond motifs is 1. The van der Waals surface area contributed by atoms with Gasteiger partial charge in [-0.1, -0.05) is 39.4 Å². The van der Waals surface area contributed by atoms with Crippen molar-refractivity contribution in [2.45, 2.75) is 6.54 Å². The summed E-state index contributed by atoms with van der Waals surface area (Å²) in [5, 5.41) is 3.89. The van der Waals surface area contributed by atoms with E-state index in [-0.39, 0.29) is 11.8 Å². The minimum absolute atomic E-state index is 0.0906. The first-order valence-electron chi connectivity index (χ1n) is 8.67. The number of piperazine rings is 1. The van der Waals surface area contributed by atoms with Crippen molar-refractivity contribution < 1.29 is 9.18 Å². The van der Waals surface area contributed by atoms with E-state index in [1.54, 1.807) is 23.5 Å². The molecule has 4 rings (SSSR count). The zero-order valence-corrected chi connectivity index (χ0v) is 16.9. The lowest BCUT2D eigenvalue weighted by Crippen LogP contribution is -2.51.